The lowest BCUT2D eigenvalue weighted by atomic mass is 10.0. The quantitative estimate of drug-likeness (QED) is 0.621. The van der Waals surface area contributed by atoms with Crippen molar-refractivity contribution in [1.29, 1.82) is 0 Å². The average molecular weight is 390 g/mol. The van der Waals surface area contributed by atoms with E-state index < -0.39 is 6.09 Å². The predicted molar refractivity (Wildman–Crippen MR) is 111 cm³/mol. The van der Waals surface area contributed by atoms with Gasteiger partial charge < -0.3 is 9.84 Å². The molecule has 0 atom stereocenters. The highest BCUT2D eigenvalue weighted by Gasteiger charge is 2.20. The Morgan fingerprint density at radius 1 is 1.03 bits per heavy atom. The van der Waals surface area contributed by atoms with Gasteiger partial charge >= 0.3 is 6.09 Å². The number of aromatic nitrogens is 1. The molecule has 0 saturated heterocycles. The highest BCUT2D eigenvalue weighted by atomic mass is 16.5. The molecule has 1 N–H and O–H groups in total. The number of carbonyl (C=O) groups is 2. The van der Waals surface area contributed by atoms with Crippen LogP contribution in [0.3, 0.4) is 0 Å². The fourth-order valence-electron chi connectivity index (χ4n) is 3.22. The molecule has 0 aliphatic carbocycles. The van der Waals surface area contributed by atoms with Crippen molar-refractivity contribution in [3.05, 3.63) is 88.7 Å². The fourth-order valence-corrected chi connectivity index (χ4v) is 3.22. The average Bonchev–Trinajstić information content (AvgIpc) is 2.73. The lowest BCUT2D eigenvalue weighted by Crippen LogP contribution is -2.29. The van der Waals surface area contributed by atoms with Gasteiger partial charge in [0.15, 0.2) is 5.78 Å². The molecule has 29 heavy (non-hydrogen) atoms. The van der Waals surface area contributed by atoms with E-state index in [0.717, 1.165) is 11.1 Å². The van der Waals surface area contributed by atoms with Gasteiger partial charge in [-0.05, 0) is 26.0 Å². The van der Waals surface area contributed by atoms with Crippen molar-refractivity contribution >= 4 is 17.6 Å². The monoisotopic (exact) mass is 390 g/mol. The first kappa shape index (κ1) is 20.1. The maximum absolute atomic E-state index is 12.7. The van der Waals surface area contributed by atoms with Crippen molar-refractivity contribution in [3.63, 3.8) is 0 Å². The third kappa shape index (κ3) is 4.27. The Balaban J connectivity index is 1.95. The van der Waals surface area contributed by atoms with E-state index in [-0.39, 0.29) is 12.3 Å². The summed E-state index contributed by atoms with van der Waals surface area (Å²) in [6.07, 6.45) is 0.534. The second-order valence-corrected chi connectivity index (χ2v) is 6.66. The molecule has 0 bridgehead atoms. The molecule has 0 aliphatic heterocycles. The maximum atomic E-state index is 12.7. The topological polar surface area (TPSA) is 79.7 Å². The third-order valence-corrected chi connectivity index (χ3v) is 4.74. The third-order valence-electron chi connectivity index (χ3n) is 4.74. The standard InChI is InChI=1S/C23H22N2O4/c1-15-13-24-20(16(2)22(15)29-3)14-25(23(27)28)19-11-7-10-18(12-19)21(26)17-8-5-4-6-9-17/h4-13H,14H2,1-3H3,(H,27,28). The summed E-state index contributed by atoms with van der Waals surface area (Å²) in [6.45, 7) is 3.78. The summed E-state index contributed by atoms with van der Waals surface area (Å²) in [5, 5.41) is 9.79. The SMILES string of the molecule is COc1c(C)cnc(CN(C(=O)O)c2cccc(C(=O)c3ccccc3)c2)c1C. The number of ether oxygens (including phenoxy) is 1. The lowest BCUT2D eigenvalue weighted by molar-refractivity contribution is 0.103. The van der Waals surface area contributed by atoms with Crippen molar-refractivity contribution in [3.8, 4) is 5.75 Å². The molecule has 0 fully saturated rings. The van der Waals surface area contributed by atoms with Crippen LogP contribution in [0.5, 0.6) is 5.75 Å². The van der Waals surface area contributed by atoms with E-state index in [1.165, 1.54) is 4.90 Å². The van der Waals surface area contributed by atoms with Gasteiger partial charge in [-0.1, -0.05) is 42.5 Å². The van der Waals surface area contributed by atoms with E-state index in [2.05, 4.69) is 4.98 Å². The largest absolute Gasteiger partial charge is 0.496 e. The van der Waals surface area contributed by atoms with Crippen molar-refractivity contribution in [2.75, 3.05) is 12.0 Å². The molecular formula is C23H22N2O4. The van der Waals surface area contributed by atoms with Gasteiger partial charge in [0.2, 0.25) is 0 Å². The zero-order valence-corrected chi connectivity index (χ0v) is 16.5. The Bertz CT molecular complexity index is 1050. The summed E-state index contributed by atoms with van der Waals surface area (Å²) in [5.41, 5.74) is 3.63. The number of amides is 1. The molecule has 1 heterocycles. The van der Waals surface area contributed by atoms with E-state index in [9.17, 15) is 14.7 Å². The number of carboxylic acid groups (broad SMARTS) is 1. The van der Waals surface area contributed by atoms with E-state index in [0.29, 0.717) is 28.3 Å². The molecule has 0 saturated carbocycles. The number of nitrogens with zero attached hydrogens (tertiary/aromatic N) is 2. The molecule has 2 aromatic carbocycles. The number of hydrogen-bond donors (Lipinski definition) is 1. The van der Waals surface area contributed by atoms with Crippen LogP contribution in [-0.2, 0) is 6.54 Å². The summed E-state index contributed by atoms with van der Waals surface area (Å²) >= 11 is 0. The molecule has 0 spiro atoms. The van der Waals surface area contributed by atoms with Gasteiger partial charge in [-0.15, -0.1) is 0 Å². The zero-order chi connectivity index (χ0) is 21.0. The predicted octanol–water partition coefficient (Wildman–Crippen LogP) is 4.62. The van der Waals surface area contributed by atoms with Gasteiger partial charge in [0.25, 0.3) is 0 Å². The van der Waals surface area contributed by atoms with Gasteiger partial charge in [0.05, 0.1) is 19.3 Å². The van der Waals surface area contributed by atoms with E-state index in [4.69, 9.17) is 4.74 Å². The molecule has 6 nitrogen and oxygen atoms in total. The Labute approximate surface area is 169 Å². The van der Waals surface area contributed by atoms with Crippen molar-refractivity contribution < 1.29 is 19.4 Å². The first-order chi connectivity index (χ1) is 13.9. The normalized spacial score (nSPS) is 10.4. The number of rotatable bonds is 6. The van der Waals surface area contributed by atoms with Crippen LogP contribution in [-0.4, -0.2) is 29.1 Å². The number of hydrogen-bond acceptors (Lipinski definition) is 4. The fraction of sp³-hybridized carbons (Fsp3) is 0.174. The number of ketones is 1. The summed E-state index contributed by atoms with van der Waals surface area (Å²) in [7, 11) is 1.58. The van der Waals surface area contributed by atoms with E-state index in [1.807, 2.05) is 19.9 Å². The molecule has 1 amide bonds. The number of anilines is 1. The molecule has 0 radical (unpaired) electrons. The van der Waals surface area contributed by atoms with Gasteiger partial charge in [-0.25, -0.2) is 4.79 Å². The minimum atomic E-state index is -1.13. The molecule has 3 rings (SSSR count). The first-order valence-corrected chi connectivity index (χ1v) is 9.11. The molecular weight excluding hydrogens is 368 g/mol. The second kappa shape index (κ2) is 8.56. The van der Waals surface area contributed by atoms with Gasteiger partial charge in [-0.2, -0.15) is 0 Å². The number of carbonyl (C=O) groups excluding carboxylic acids is 1. The second-order valence-electron chi connectivity index (χ2n) is 6.66. The van der Waals surface area contributed by atoms with E-state index >= 15 is 0 Å². The number of pyridine rings is 1. The summed E-state index contributed by atoms with van der Waals surface area (Å²) in [4.78, 5) is 30.3. The van der Waals surface area contributed by atoms with Crippen LogP contribution in [0.4, 0.5) is 10.5 Å². The van der Waals surface area contributed by atoms with Crippen LogP contribution >= 0.6 is 0 Å². The van der Waals surface area contributed by atoms with Gasteiger partial charge in [0.1, 0.15) is 5.75 Å². The highest BCUT2D eigenvalue weighted by Crippen LogP contribution is 2.27. The molecule has 0 unspecified atom stereocenters. The Morgan fingerprint density at radius 2 is 1.72 bits per heavy atom. The number of benzene rings is 2. The Hall–Kier alpha value is -3.67. The molecule has 3 aromatic rings. The van der Waals surface area contributed by atoms with E-state index in [1.54, 1.807) is 61.8 Å². The van der Waals surface area contributed by atoms with Crippen LogP contribution in [0.2, 0.25) is 0 Å². The van der Waals surface area contributed by atoms with Crippen molar-refractivity contribution in [2.45, 2.75) is 20.4 Å². The van der Waals surface area contributed by atoms with Crippen LogP contribution in [0.1, 0.15) is 32.7 Å². The summed E-state index contributed by atoms with van der Waals surface area (Å²) < 4.78 is 5.41. The van der Waals surface area contributed by atoms with Crippen LogP contribution < -0.4 is 9.64 Å². The van der Waals surface area contributed by atoms with Crippen molar-refractivity contribution in [1.82, 2.24) is 4.98 Å². The summed E-state index contributed by atoms with van der Waals surface area (Å²) in [5.74, 6) is 0.525. The Kier molecular flexibility index (Phi) is 5.93. The molecule has 148 valence electrons. The zero-order valence-electron chi connectivity index (χ0n) is 16.5. The number of aryl methyl sites for hydroxylation is 1. The minimum Gasteiger partial charge on any atom is -0.496 e. The van der Waals surface area contributed by atoms with Gasteiger partial charge in [-0.3, -0.25) is 14.7 Å². The van der Waals surface area contributed by atoms with Crippen LogP contribution in [0.15, 0.2) is 60.8 Å². The molecule has 6 heteroatoms. The number of methoxy groups -OCH3 is 1. The highest BCUT2D eigenvalue weighted by molar-refractivity contribution is 6.09. The van der Waals surface area contributed by atoms with Crippen LogP contribution in [0.25, 0.3) is 0 Å². The minimum absolute atomic E-state index is 0.0424. The van der Waals surface area contributed by atoms with Crippen LogP contribution in [0, 0.1) is 13.8 Å². The van der Waals surface area contributed by atoms with Gasteiger partial charge in [0, 0.05) is 34.1 Å². The summed E-state index contributed by atoms with van der Waals surface area (Å²) in [6, 6.07) is 15.5. The van der Waals surface area contributed by atoms with Crippen molar-refractivity contribution in [2.24, 2.45) is 0 Å². The lowest BCUT2D eigenvalue weighted by Gasteiger charge is -2.21. The maximum Gasteiger partial charge on any atom is 0.412 e. The molecule has 1 aromatic heterocycles. The smallest absolute Gasteiger partial charge is 0.412 e. The first-order valence-electron chi connectivity index (χ1n) is 9.11. The molecule has 0 aliphatic rings. The Morgan fingerprint density at radius 3 is 2.38 bits per heavy atom.